The van der Waals surface area contributed by atoms with E-state index in [1.54, 1.807) is 12.3 Å². The first-order valence-corrected chi connectivity index (χ1v) is 6.26. The molecular formula is C12H13Cl2N3. The third-order valence-corrected chi connectivity index (χ3v) is 3.38. The molecule has 1 aromatic carbocycles. The highest BCUT2D eigenvalue weighted by Crippen LogP contribution is 2.31. The molecule has 0 saturated heterocycles. The number of rotatable bonds is 4. The number of nitrogens with zero attached hydrogens (tertiary/aromatic N) is 2. The fourth-order valence-electron chi connectivity index (χ4n) is 1.88. The quantitative estimate of drug-likeness (QED) is 0.916. The Bertz CT molecular complexity index is 483. The molecule has 0 fully saturated rings. The summed E-state index contributed by atoms with van der Waals surface area (Å²) in [4.78, 5) is 0. The zero-order valence-electron chi connectivity index (χ0n) is 9.45. The molecule has 1 atom stereocenters. The van der Waals surface area contributed by atoms with Crippen LogP contribution in [0.5, 0.6) is 0 Å². The number of benzene rings is 1. The van der Waals surface area contributed by atoms with Crippen molar-refractivity contribution < 1.29 is 0 Å². The molecule has 0 amide bonds. The van der Waals surface area contributed by atoms with Crippen molar-refractivity contribution in [2.45, 2.75) is 25.7 Å². The van der Waals surface area contributed by atoms with Crippen LogP contribution in [-0.2, 0) is 6.42 Å². The van der Waals surface area contributed by atoms with E-state index in [9.17, 15) is 0 Å². The fourth-order valence-corrected chi connectivity index (χ4v) is 2.45. The van der Waals surface area contributed by atoms with Crippen LogP contribution in [0.1, 0.15) is 30.5 Å². The van der Waals surface area contributed by atoms with Gasteiger partial charge in [0.05, 0.1) is 11.9 Å². The highest BCUT2D eigenvalue weighted by Gasteiger charge is 2.15. The number of aromatic amines is 1. The Morgan fingerprint density at radius 1 is 1.35 bits per heavy atom. The lowest BCUT2D eigenvalue weighted by Crippen LogP contribution is -2.03. The van der Waals surface area contributed by atoms with Gasteiger partial charge in [-0.25, -0.2) is 0 Å². The van der Waals surface area contributed by atoms with Crippen LogP contribution in [0.3, 0.4) is 0 Å². The summed E-state index contributed by atoms with van der Waals surface area (Å²) >= 11 is 12.1. The zero-order chi connectivity index (χ0) is 12.3. The summed E-state index contributed by atoms with van der Waals surface area (Å²) in [5, 5.41) is 11.9. The van der Waals surface area contributed by atoms with Gasteiger partial charge in [0.1, 0.15) is 0 Å². The predicted octanol–water partition coefficient (Wildman–Crippen LogP) is 3.85. The van der Waals surface area contributed by atoms with Crippen molar-refractivity contribution in [2.24, 2.45) is 0 Å². The van der Waals surface area contributed by atoms with Crippen molar-refractivity contribution in [1.82, 2.24) is 15.4 Å². The van der Waals surface area contributed by atoms with Crippen molar-refractivity contribution in [2.75, 3.05) is 0 Å². The summed E-state index contributed by atoms with van der Waals surface area (Å²) in [6.45, 7) is 2.13. The summed E-state index contributed by atoms with van der Waals surface area (Å²) in [6, 6.07) is 5.64. The Morgan fingerprint density at radius 2 is 2.18 bits per heavy atom. The first kappa shape index (κ1) is 12.4. The molecule has 0 radical (unpaired) electrons. The minimum atomic E-state index is 0.338. The van der Waals surface area contributed by atoms with Gasteiger partial charge in [0.15, 0.2) is 0 Å². The van der Waals surface area contributed by atoms with E-state index in [1.807, 2.05) is 12.1 Å². The summed E-state index contributed by atoms with van der Waals surface area (Å²) in [5.74, 6) is 0.338. The minimum Gasteiger partial charge on any atom is -0.198 e. The number of halogens is 2. The molecular weight excluding hydrogens is 257 g/mol. The number of nitrogens with one attached hydrogen (secondary N) is 1. The van der Waals surface area contributed by atoms with Crippen LogP contribution in [0.15, 0.2) is 24.4 Å². The second kappa shape index (κ2) is 5.52. The second-order valence-electron chi connectivity index (χ2n) is 3.94. The van der Waals surface area contributed by atoms with Gasteiger partial charge >= 0.3 is 0 Å². The van der Waals surface area contributed by atoms with Crippen molar-refractivity contribution in [1.29, 1.82) is 0 Å². The number of H-pyrrole nitrogens is 1. The molecule has 2 aromatic rings. The SMILES string of the molecule is CCC(Cc1cn[nH]n1)c1ccc(Cl)cc1Cl. The molecule has 0 bridgehead atoms. The Balaban J connectivity index is 2.23. The Labute approximate surface area is 110 Å². The van der Waals surface area contributed by atoms with Gasteiger partial charge in [0.25, 0.3) is 0 Å². The molecule has 17 heavy (non-hydrogen) atoms. The molecule has 3 nitrogen and oxygen atoms in total. The van der Waals surface area contributed by atoms with E-state index in [0.717, 1.165) is 24.1 Å². The summed E-state index contributed by atoms with van der Waals surface area (Å²) in [7, 11) is 0. The molecule has 1 heterocycles. The fraction of sp³-hybridized carbons (Fsp3) is 0.333. The largest absolute Gasteiger partial charge is 0.198 e. The first-order valence-electron chi connectivity index (χ1n) is 5.50. The second-order valence-corrected chi connectivity index (χ2v) is 4.78. The zero-order valence-corrected chi connectivity index (χ0v) is 11.0. The molecule has 5 heteroatoms. The Morgan fingerprint density at radius 3 is 2.76 bits per heavy atom. The van der Waals surface area contributed by atoms with Gasteiger partial charge in [-0.15, -0.1) is 0 Å². The average molecular weight is 270 g/mol. The third-order valence-electron chi connectivity index (χ3n) is 2.82. The molecule has 0 saturated carbocycles. The average Bonchev–Trinajstić information content (AvgIpc) is 2.79. The lowest BCUT2D eigenvalue weighted by molar-refractivity contribution is 0.648. The van der Waals surface area contributed by atoms with Crippen LogP contribution in [-0.4, -0.2) is 15.4 Å². The number of hydrogen-bond donors (Lipinski definition) is 1. The predicted molar refractivity (Wildman–Crippen MR) is 69.6 cm³/mol. The molecule has 2 rings (SSSR count). The number of aromatic nitrogens is 3. The molecule has 0 aliphatic carbocycles. The standard InChI is InChI=1S/C12H13Cl2N3/c1-2-8(5-10-7-15-17-16-10)11-4-3-9(13)6-12(11)14/h3-4,6-8H,2,5H2,1H3,(H,15,16,17). The van der Waals surface area contributed by atoms with Crippen LogP contribution in [0.2, 0.25) is 10.0 Å². The minimum absolute atomic E-state index is 0.338. The molecule has 0 spiro atoms. The van der Waals surface area contributed by atoms with Gasteiger partial charge in [-0.3, -0.25) is 0 Å². The Kier molecular flexibility index (Phi) is 4.02. The maximum absolute atomic E-state index is 6.21. The number of hydrogen-bond acceptors (Lipinski definition) is 2. The van der Waals surface area contributed by atoms with Gasteiger partial charge in [-0.2, -0.15) is 15.4 Å². The van der Waals surface area contributed by atoms with Crippen molar-refractivity contribution in [3.63, 3.8) is 0 Å². The van der Waals surface area contributed by atoms with E-state index in [-0.39, 0.29) is 0 Å². The maximum Gasteiger partial charge on any atom is 0.0830 e. The van der Waals surface area contributed by atoms with Crippen LogP contribution < -0.4 is 0 Å². The highest BCUT2D eigenvalue weighted by atomic mass is 35.5. The van der Waals surface area contributed by atoms with Gasteiger partial charge in [0, 0.05) is 16.5 Å². The van der Waals surface area contributed by atoms with Crippen LogP contribution >= 0.6 is 23.2 Å². The Hall–Kier alpha value is -1.06. The molecule has 1 aromatic heterocycles. The van der Waals surface area contributed by atoms with Crippen LogP contribution in [0.25, 0.3) is 0 Å². The van der Waals surface area contributed by atoms with Crippen molar-refractivity contribution in [3.05, 3.63) is 45.7 Å². The lowest BCUT2D eigenvalue weighted by atomic mass is 9.92. The summed E-state index contributed by atoms with van der Waals surface area (Å²) in [6.07, 6.45) is 3.56. The lowest BCUT2D eigenvalue weighted by Gasteiger charge is -2.15. The van der Waals surface area contributed by atoms with Crippen molar-refractivity contribution >= 4 is 23.2 Å². The normalized spacial score (nSPS) is 12.6. The van der Waals surface area contributed by atoms with Gasteiger partial charge in [0.2, 0.25) is 0 Å². The topological polar surface area (TPSA) is 41.6 Å². The maximum atomic E-state index is 6.21. The molecule has 0 aliphatic heterocycles. The highest BCUT2D eigenvalue weighted by molar-refractivity contribution is 6.35. The summed E-state index contributed by atoms with van der Waals surface area (Å²) < 4.78 is 0. The van der Waals surface area contributed by atoms with Crippen LogP contribution in [0.4, 0.5) is 0 Å². The first-order chi connectivity index (χ1) is 8.20. The van der Waals surface area contributed by atoms with Gasteiger partial charge in [-0.05, 0) is 30.0 Å². The van der Waals surface area contributed by atoms with E-state index in [0.29, 0.717) is 16.0 Å². The third kappa shape index (κ3) is 2.99. The van der Waals surface area contributed by atoms with Crippen LogP contribution in [0, 0.1) is 0 Å². The summed E-state index contributed by atoms with van der Waals surface area (Å²) in [5.41, 5.74) is 2.06. The van der Waals surface area contributed by atoms with Crippen molar-refractivity contribution in [3.8, 4) is 0 Å². The molecule has 90 valence electrons. The molecule has 0 aliphatic rings. The van der Waals surface area contributed by atoms with E-state index in [4.69, 9.17) is 23.2 Å². The van der Waals surface area contributed by atoms with E-state index in [1.165, 1.54) is 0 Å². The van der Waals surface area contributed by atoms with Gasteiger partial charge in [-0.1, -0.05) is 36.2 Å². The monoisotopic (exact) mass is 269 g/mol. The molecule has 1 N–H and O–H groups in total. The van der Waals surface area contributed by atoms with E-state index < -0.39 is 0 Å². The van der Waals surface area contributed by atoms with E-state index >= 15 is 0 Å². The molecule has 1 unspecified atom stereocenters. The smallest absolute Gasteiger partial charge is 0.0830 e. The van der Waals surface area contributed by atoms with Gasteiger partial charge < -0.3 is 0 Å². The van der Waals surface area contributed by atoms with E-state index in [2.05, 4.69) is 22.3 Å².